The summed E-state index contributed by atoms with van der Waals surface area (Å²) in [5, 5.41) is 10.8. The summed E-state index contributed by atoms with van der Waals surface area (Å²) in [4.78, 5) is 34.7. The number of nitrogens with zero attached hydrogens (tertiary/aromatic N) is 1. The van der Waals surface area contributed by atoms with Crippen molar-refractivity contribution in [2.24, 2.45) is 0 Å². The van der Waals surface area contributed by atoms with E-state index in [0.29, 0.717) is 5.56 Å². The van der Waals surface area contributed by atoms with Crippen LogP contribution in [0.1, 0.15) is 24.5 Å². The number of nitro groups is 1. The van der Waals surface area contributed by atoms with E-state index in [4.69, 9.17) is 4.74 Å². The molecule has 0 N–H and O–H groups in total. The highest BCUT2D eigenvalue weighted by molar-refractivity contribution is 6.20. The van der Waals surface area contributed by atoms with Gasteiger partial charge in [0.15, 0.2) is 5.78 Å². The van der Waals surface area contributed by atoms with Crippen LogP contribution in [0.4, 0.5) is 5.69 Å². The van der Waals surface area contributed by atoms with Gasteiger partial charge in [-0.25, -0.2) is 4.79 Å². The molecule has 25 heavy (non-hydrogen) atoms. The topological polar surface area (TPSA) is 86.5 Å². The van der Waals surface area contributed by atoms with Crippen LogP contribution in [0.25, 0.3) is 6.08 Å². The van der Waals surface area contributed by atoms with Gasteiger partial charge in [0.25, 0.3) is 5.69 Å². The number of esters is 1. The maximum atomic E-state index is 12.3. The number of Topliss-reactive ketones (excluding diaryl/α,β-unsaturated/α-hetero) is 1. The molecule has 0 amide bonds. The first-order valence-corrected chi connectivity index (χ1v) is 7.71. The Morgan fingerprint density at radius 1 is 1.12 bits per heavy atom. The molecule has 2 aromatic carbocycles. The molecule has 0 spiro atoms. The Hall–Kier alpha value is -3.28. The molecule has 0 heterocycles. The van der Waals surface area contributed by atoms with E-state index in [0.717, 1.165) is 5.56 Å². The van der Waals surface area contributed by atoms with Crippen molar-refractivity contribution in [2.45, 2.75) is 20.0 Å². The predicted octanol–water partition coefficient (Wildman–Crippen LogP) is 3.70. The van der Waals surface area contributed by atoms with Crippen LogP contribution in [0.15, 0.2) is 60.2 Å². The Morgan fingerprint density at radius 3 is 2.48 bits per heavy atom. The van der Waals surface area contributed by atoms with E-state index in [-0.39, 0.29) is 30.1 Å². The van der Waals surface area contributed by atoms with Gasteiger partial charge in [-0.3, -0.25) is 14.9 Å². The van der Waals surface area contributed by atoms with Gasteiger partial charge in [0.2, 0.25) is 0 Å². The van der Waals surface area contributed by atoms with Gasteiger partial charge in [0, 0.05) is 18.6 Å². The van der Waals surface area contributed by atoms with Gasteiger partial charge < -0.3 is 4.74 Å². The molecule has 0 aliphatic carbocycles. The molecule has 0 radical (unpaired) electrons. The Bertz CT molecular complexity index is 812. The fourth-order valence-corrected chi connectivity index (χ4v) is 2.14. The van der Waals surface area contributed by atoms with E-state index in [9.17, 15) is 19.7 Å². The zero-order valence-corrected chi connectivity index (χ0v) is 13.7. The second-order valence-corrected chi connectivity index (χ2v) is 5.25. The van der Waals surface area contributed by atoms with E-state index < -0.39 is 10.9 Å². The van der Waals surface area contributed by atoms with Crippen molar-refractivity contribution in [3.8, 4) is 0 Å². The number of carbonyl (C=O) groups excluding carboxylic acids is 2. The van der Waals surface area contributed by atoms with Crippen molar-refractivity contribution in [2.75, 3.05) is 0 Å². The van der Waals surface area contributed by atoms with Crippen LogP contribution in [0, 0.1) is 10.1 Å². The molecule has 0 aromatic heterocycles. The van der Waals surface area contributed by atoms with E-state index in [1.807, 2.05) is 18.2 Å². The minimum Gasteiger partial charge on any atom is -0.457 e. The maximum absolute atomic E-state index is 12.3. The van der Waals surface area contributed by atoms with Crippen LogP contribution in [0.2, 0.25) is 0 Å². The summed E-state index contributed by atoms with van der Waals surface area (Å²) in [6.45, 7) is 1.68. The molecule has 0 unspecified atom stereocenters. The lowest BCUT2D eigenvalue weighted by Crippen LogP contribution is -2.15. The average molecular weight is 339 g/mol. The standard InChI is InChI=1S/C19H17NO5/c1-2-18(21)17(12-15-9-6-10-16(11-15)20(23)24)19(22)25-13-14-7-4-3-5-8-14/h3-12H,2,13H2,1H3. The van der Waals surface area contributed by atoms with Crippen LogP contribution < -0.4 is 0 Å². The van der Waals surface area contributed by atoms with Crippen molar-refractivity contribution < 1.29 is 19.2 Å². The Labute approximate surface area is 144 Å². The molecule has 128 valence electrons. The first-order valence-electron chi connectivity index (χ1n) is 7.71. The first kappa shape index (κ1) is 18.1. The quantitative estimate of drug-likeness (QED) is 0.192. The lowest BCUT2D eigenvalue weighted by atomic mass is 10.1. The molecular formula is C19H17NO5. The van der Waals surface area contributed by atoms with Crippen LogP contribution >= 0.6 is 0 Å². The summed E-state index contributed by atoms with van der Waals surface area (Å²) in [5.41, 5.74) is 0.950. The minimum atomic E-state index is -0.748. The average Bonchev–Trinajstić information content (AvgIpc) is 2.64. The largest absolute Gasteiger partial charge is 0.457 e. The van der Waals surface area contributed by atoms with Gasteiger partial charge in [-0.2, -0.15) is 0 Å². The highest BCUT2D eigenvalue weighted by Gasteiger charge is 2.19. The van der Waals surface area contributed by atoms with Gasteiger partial charge in [-0.05, 0) is 17.2 Å². The molecule has 0 bridgehead atoms. The molecule has 6 nitrogen and oxygen atoms in total. The summed E-state index contributed by atoms with van der Waals surface area (Å²) >= 11 is 0. The van der Waals surface area contributed by atoms with Crippen molar-refractivity contribution in [1.29, 1.82) is 0 Å². The van der Waals surface area contributed by atoms with Gasteiger partial charge in [-0.1, -0.05) is 49.4 Å². The number of benzene rings is 2. The minimum absolute atomic E-state index is 0.0446. The SMILES string of the molecule is CCC(=O)C(=Cc1cccc([N+](=O)[O-])c1)C(=O)OCc1ccccc1. The highest BCUT2D eigenvalue weighted by atomic mass is 16.6. The van der Waals surface area contributed by atoms with Crippen molar-refractivity contribution in [1.82, 2.24) is 0 Å². The monoisotopic (exact) mass is 339 g/mol. The van der Waals surface area contributed by atoms with Crippen LogP contribution in [0.3, 0.4) is 0 Å². The molecule has 2 aromatic rings. The molecule has 0 aliphatic heterocycles. The Morgan fingerprint density at radius 2 is 1.84 bits per heavy atom. The summed E-state index contributed by atoms with van der Waals surface area (Å²) in [6, 6.07) is 14.8. The molecule has 6 heteroatoms. The molecule has 2 rings (SSSR count). The number of ketones is 1. The lowest BCUT2D eigenvalue weighted by molar-refractivity contribution is -0.384. The maximum Gasteiger partial charge on any atom is 0.342 e. The summed E-state index contributed by atoms with van der Waals surface area (Å²) in [6.07, 6.45) is 1.45. The number of nitro benzene ring substituents is 1. The molecule has 0 fully saturated rings. The second kappa shape index (κ2) is 8.54. The number of rotatable bonds is 7. The third-order valence-corrected chi connectivity index (χ3v) is 3.45. The number of hydrogen-bond acceptors (Lipinski definition) is 5. The third-order valence-electron chi connectivity index (χ3n) is 3.45. The first-order chi connectivity index (χ1) is 12.0. The highest BCUT2D eigenvalue weighted by Crippen LogP contribution is 2.17. The van der Waals surface area contributed by atoms with Crippen LogP contribution in [0.5, 0.6) is 0 Å². The molecule has 0 atom stereocenters. The number of carbonyl (C=O) groups is 2. The molecule has 0 saturated heterocycles. The fourth-order valence-electron chi connectivity index (χ4n) is 2.14. The van der Waals surface area contributed by atoms with Gasteiger partial charge in [0.05, 0.1) is 4.92 Å². The normalized spacial score (nSPS) is 11.0. The second-order valence-electron chi connectivity index (χ2n) is 5.25. The molecule has 0 saturated carbocycles. The van der Waals surface area contributed by atoms with E-state index >= 15 is 0 Å². The number of ether oxygens (including phenoxy) is 1. The summed E-state index contributed by atoms with van der Waals surface area (Å²) < 4.78 is 5.20. The van der Waals surface area contributed by atoms with Gasteiger partial charge >= 0.3 is 5.97 Å². The van der Waals surface area contributed by atoms with Crippen LogP contribution in [-0.2, 0) is 20.9 Å². The van der Waals surface area contributed by atoms with Crippen molar-refractivity contribution in [3.63, 3.8) is 0 Å². The number of non-ortho nitro benzene ring substituents is 1. The van der Waals surface area contributed by atoms with E-state index in [2.05, 4.69) is 0 Å². The summed E-state index contributed by atoms with van der Waals surface area (Å²) in [5.74, 6) is -1.13. The smallest absolute Gasteiger partial charge is 0.342 e. The fraction of sp³-hybridized carbons (Fsp3) is 0.158. The van der Waals surface area contributed by atoms with Gasteiger partial charge in [-0.15, -0.1) is 0 Å². The van der Waals surface area contributed by atoms with Crippen molar-refractivity contribution >= 4 is 23.5 Å². The predicted molar refractivity (Wildman–Crippen MR) is 92.6 cm³/mol. The third kappa shape index (κ3) is 5.10. The van der Waals surface area contributed by atoms with Crippen LogP contribution in [-0.4, -0.2) is 16.7 Å². The zero-order valence-electron chi connectivity index (χ0n) is 13.7. The molecule has 0 aliphatic rings. The number of hydrogen-bond donors (Lipinski definition) is 0. The Balaban J connectivity index is 2.23. The van der Waals surface area contributed by atoms with E-state index in [1.54, 1.807) is 25.1 Å². The lowest BCUT2D eigenvalue weighted by Gasteiger charge is -2.07. The van der Waals surface area contributed by atoms with Crippen molar-refractivity contribution in [3.05, 3.63) is 81.4 Å². The molecular weight excluding hydrogens is 322 g/mol. The van der Waals surface area contributed by atoms with E-state index in [1.165, 1.54) is 24.3 Å². The summed E-state index contributed by atoms with van der Waals surface area (Å²) in [7, 11) is 0. The zero-order chi connectivity index (χ0) is 18.2. The van der Waals surface area contributed by atoms with Gasteiger partial charge in [0.1, 0.15) is 12.2 Å². The Kier molecular flexibility index (Phi) is 6.17.